The van der Waals surface area contributed by atoms with Crippen LogP contribution < -0.4 is 9.47 Å². The molecule has 1 atom stereocenters. The van der Waals surface area contributed by atoms with Gasteiger partial charge in [-0.05, 0) is 44.0 Å². The first-order chi connectivity index (χ1) is 16.5. The van der Waals surface area contributed by atoms with Gasteiger partial charge in [-0.15, -0.1) is 0 Å². The summed E-state index contributed by atoms with van der Waals surface area (Å²) >= 11 is 0. The van der Waals surface area contributed by atoms with Crippen LogP contribution in [0.25, 0.3) is 0 Å². The number of benzene rings is 2. The minimum absolute atomic E-state index is 0.0835. The zero-order chi connectivity index (χ0) is 24.3. The van der Waals surface area contributed by atoms with Crippen molar-refractivity contribution in [3.8, 4) is 11.5 Å². The number of esters is 1. The smallest absolute Gasteiger partial charge is 0.310 e. The van der Waals surface area contributed by atoms with Crippen molar-refractivity contribution in [2.75, 3.05) is 46.5 Å². The summed E-state index contributed by atoms with van der Waals surface area (Å²) < 4.78 is 16.5. The number of hydrogen-bond acceptors (Lipinski definition) is 6. The van der Waals surface area contributed by atoms with Gasteiger partial charge in [0.25, 0.3) is 5.91 Å². The van der Waals surface area contributed by atoms with Crippen molar-refractivity contribution < 1.29 is 28.6 Å². The Kier molecular flexibility index (Phi) is 9.31. The van der Waals surface area contributed by atoms with Gasteiger partial charge < -0.3 is 24.0 Å². The molecule has 1 aliphatic rings. The zero-order valence-electron chi connectivity index (χ0n) is 19.8. The molecule has 3 rings (SSSR count). The Morgan fingerprint density at radius 3 is 2.47 bits per heavy atom. The van der Waals surface area contributed by atoms with Gasteiger partial charge in [-0.3, -0.25) is 14.4 Å². The van der Waals surface area contributed by atoms with Crippen molar-refractivity contribution in [2.24, 2.45) is 5.92 Å². The third-order valence-electron chi connectivity index (χ3n) is 5.58. The van der Waals surface area contributed by atoms with Crippen LogP contribution in [0.4, 0.5) is 0 Å². The molecule has 1 heterocycles. The maximum absolute atomic E-state index is 13.1. The maximum atomic E-state index is 13.1. The second-order valence-corrected chi connectivity index (χ2v) is 8.10. The van der Waals surface area contributed by atoms with Crippen LogP contribution in [0.3, 0.4) is 0 Å². The number of rotatable bonds is 10. The molecular weight excluding hydrogens is 436 g/mol. The van der Waals surface area contributed by atoms with E-state index in [1.807, 2.05) is 30.3 Å². The fraction of sp³-hybridized carbons (Fsp3) is 0.423. The second kappa shape index (κ2) is 12.6. The summed E-state index contributed by atoms with van der Waals surface area (Å²) in [5.41, 5.74) is 0.376. The Hall–Kier alpha value is -3.55. The molecule has 182 valence electrons. The molecule has 2 aromatic rings. The predicted molar refractivity (Wildman–Crippen MR) is 127 cm³/mol. The summed E-state index contributed by atoms with van der Waals surface area (Å²) in [5, 5.41) is 0. The van der Waals surface area contributed by atoms with Gasteiger partial charge in [0.1, 0.15) is 24.7 Å². The first kappa shape index (κ1) is 25.1. The van der Waals surface area contributed by atoms with E-state index in [1.165, 1.54) is 4.90 Å². The van der Waals surface area contributed by atoms with Gasteiger partial charge in [0.15, 0.2) is 0 Å². The lowest BCUT2D eigenvalue weighted by atomic mass is 9.98. The number of para-hydroxylation sites is 2. The van der Waals surface area contributed by atoms with Crippen molar-refractivity contribution in [1.82, 2.24) is 9.80 Å². The third kappa shape index (κ3) is 6.97. The van der Waals surface area contributed by atoms with Crippen LogP contribution in [0.1, 0.15) is 30.1 Å². The summed E-state index contributed by atoms with van der Waals surface area (Å²) in [5.74, 6) is 0.0875. The minimum atomic E-state index is -0.314. The standard InChI is InChI=1S/C26H32N2O6/c1-3-32-26(31)20-10-9-15-28(18-20)24(29)19-27(2)25(30)22-13-7-8-14-23(22)34-17-16-33-21-11-5-4-6-12-21/h4-8,11-14,20H,3,9-10,15-19H2,1-2H3. The van der Waals surface area contributed by atoms with Crippen LogP contribution in [-0.2, 0) is 14.3 Å². The minimum Gasteiger partial charge on any atom is -0.490 e. The lowest BCUT2D eigenvalue weighted by Crippen LogP contribution is -2.47. The van der Waals surface area contributed by atoms with E-state index in [4.69, 9.17) is 14.2 Å². The summed E-state index contributed by atoms with van der Waals surface area (Å²) in [6, 6.07) is 16.4. The lowest BCUT2D eigenvalue weighted by Gasteiger charge is -2.32. The largest absolute Gasteiger partial charge is 0.490 e. The number of carbonyl (C=O) groups is 3. The first-order valence-corrected chi connectivity index (χ1v) is 11.6. The Balaban J connectivity index is 1.53. The molecule has 34 heavy (non-hydrogen) atoms. The van der Waals surface area contributed by atoms with E-state index < -0.39 is 0 Å². The molecule has 0 N–H and O–H groups in total. The van der Waals surface area contributed by atoms with Gasteiger partial charge in [0.2, 0.25) is 5.91 Å². The fourth-order valence-electron chi connectivity index (χ4n) is 3.83. The van der Waals surface area contributed by atoms with E-state index in [-0.39, 0.29) is 36.9 Å². The average molecular weight is 469 g/mol. The normalized spacial score (nSPS) is 15.4. The average Bonchev–Trinajstić information content (AvgIpc) is 2.87. The molecule has 8 heteroatoms. The highest BCUT2D eigenvalue weighted by Crippen LogP contribution is 2.21. The van der Waals surface area contributed by atoms with E-state index in [9.17, 15) is 14.4 Å². The topological polar surface area (TPSA) is 85.4 Å². The monoisotopic (exact) mass is 468 g/mol. The lowest BCUT2D eigenvalue weighted by molar-refractivity contribution is -0.151. The number of ether oxygens (including phenoxy) is 3. The van der Waals surface area contributed by atoms with Crippen LogP contribution in [0.5, 0.6) is 11.5 Å². The summed E-state index contributed by atoms with van der Waals surface area (Å²) in [7, 11) is 1.59. The molecule has 0 radical (unpaired) electrons. The van der Waals surface area contributed by atoms with E-state index in [0.29, 0.717) is 44.0 Å². The summed E-state index contributed by atoms with van der Waals surface area (Å²) in [4.78, 5) is 41.0. The number of hydrogen-bond donors (Lipinski definition) is 0. The Labute approximate surface area is 200 Å². The Morgan fingerprint density at radius 1 is 1.00 bits per heavy atom. The van der Waals surface area contributed by atoms with Gasteiger partial charge in [0, 0.05) is 20.1 Å². The molecule has 2 aromatic carbocycles. The van der Waals surface area contributed by atoms with Crippen molar-refractivity contribution in [3.63, 3.8) is 0 Å². The summed E-state index contributed by atoms with van der Waals surface area (Å²) in [6.07, 6.45) is 1.44. The van der Waals surface area contributed by atoms with Crippen LogP contribution >= 0.6 is 0 Å². The van der Waals surface area contributed by atoms with Crippen molar-refractivity contribution in [3.05, 3.63) is 60.2 Å². The van der Waals surface area contributed by atoms with Crippen LogP contribution in [-0.4, -0.2) is 74.1 Å². The third-order valence-corrected chi connectivity index (χ3v) is 5.58. The molecule has 0 bridgehead atoms. The molecule has 0 spiro atoms. The fourth-order valence-corrected chi connectivity index (χ4v) is 3.83. The Bertz CT molecular complexity index is 965. The van der Waals surface area contributed by atoms with Crippen LogP contribution in [0.2, 0.25) is 0 Å². The molecule has 0 aliphatic carbocycles. The van der Waals surface area contributed by atoms with Crippen molar-refractivity contribution in [2.45, 2.75) is 19.8 Å². The first-order valence-electron chi connectivity index (χ1n) is 11.6. The summed E-state index contributed by atoms with van der Waals surface area (Å²) in [6.45, 7) is 3.49. The van der Waals surface area contributed by atoms with Gasteiger partial charge in [-0.25, -0.2) is 0 Å². The number of amides is 2. The highest BCUT2D eigenvalue weighted by atomic mass is 16.5. The van der Waals surface area contributed by atoms with Gasteiger partial charge in [-0.2, -0.15) is 0 Å². The van der Waals surface area contributed by atoms with Crippen molar-refractivity contribution in [1.29, 1.82) is 0 Å². The number of likely N-dealkylation sites (tertiary alicyclic amines) is 1. The van der Waals surface area contributed by atoms with E-state index >= 15 is 0 Å². The van der Waals surface area contributed by atoms with Gasteiger partial charge in [-0.1, -0.05) is 30.3 Å². The van der Waals surface area contributed by atoms with Crippen molar-refractivity contribution >= 4 is 17.8 Å². The van der Waals surface area contributed by atoms with Crippen LogP contribution in [0.15, 0.2) is 54.6 Å². The van der Waals surface area contributed by atoms with E-state index in [0.717, 1.165) is 12.2 Å². The SMILES string of the molecule is CCOC(=O)C1CCCN(C(=O)CN(C)C(=O)c2ccccc2OCCOc2ccccc2)C1. The predicted octanol–water partition coefficient (Wildman–Crippen LogP) is 3.02. The molecular formula is C26H32N2O6. The molecule has 0 aromatic heterocycles. The van der Waals surface area contributed by atoms with Crippen LogP contribution in [0, 0.1) is 5.92 Å². The molecule has 1 fully saturated rings. The van der Waals surface area contributed by atoms with Gasteiger partial charge >= 0.3 is 5.97 Å². The maximum Gasteiger partial charge on any atom is 0.310 e. The highest BCUT2D eigenvalue weighted by Gasteiger charge is 2.30. The number of nitrogens with zero attached hydrogens (tertiary/aromatic N) is 2. The quantitative estimate of drug-likeness (QED) is 0.394. The van der Waals surface area contributed by atoms with E-state index in [1.54, 1.807) is 43.1 Å². The molecule has 0 saturated carbocycles. The van der Waals surface area contributed by atoms with Gasteiger partial charge in [0.05, 0.1) is 24.6 Å². The Morgan fingerprint density at radius 2 is 1.71 bits per heavy atom. The zero-order valence-corrected chi connectivity index (χ0v) is 19.8. The molecule has 8 nitrogen and oxygen atoms in total. The molecule has 1 saturated heterocycles. The number of likely N-dealkylation sites (N-methyl/N-ethyl adjacent to an activating group) is 1. The number of piperidine rings is 1. The molecule has 1 aliphatic heterocycles. The molecule has 2 amide bonds. The molecule has 1 unspecified atom stereocenters. The highest BCUT2D eigenvalue weighted by molar-refractivity contribution is 5.98. The number of carbonyl (C=O) groups excluding carboxylic acids is 3. The second-order valence-electron chi connectivity index (χ2n) is 8.10. The van der Waals surface area contributed by atoms with E-state index in [2.05, 4.69) is 0 Å².